The Morgan fingerprint density at radius 2 is 1.02 bits per heavy atom. The number of hydrogen-bond donors (Lipinski definition) is 1. The van der Waals surface area contributed by atoms with E-state index in [1.807, 2.05) is 36.4 Å². The Labute approximate surface area is 348 Å². The minimum atomic E-state index is -0.421. The first kappa shape index (κ1) is 34.2. The van der Waals surface area contributed by atoms with Crippen molar-refractivity contribution in [3.63, 3.8) is 0 Å². The van der Waals surface area contributed by atoms with Crippen LogP contribution in [-0.2, 0) is 0 Å². The molecule has 0 spiro atoms. The molecule has 0 bridgehead atoms. The molecule has 1 aliphatic carbocycles. The topological polar surface area (TPSA) is 41.7 Å². The summed E-state index contributed by atoms with van der Waals surface area (Å²) < 4.78 is 2.40. The van der Waals surface area contributed by atoms with Gasteiger partial charge >= 0.3 is 0 Å². The Hall–Kier alpha value is -7.82. The molecule has 12 rings (SSSR count). The molecular formula is C56H38N4. The standard InChI is InChI=1S/C56H38N4/c1-4-15-37(16-5-1)52-45-24-11-10-23-44(45)49-35-41(29-31-46(49)52)40-28-27-36-30-32-51-53(48(36)34-40)47-25-12-13-26-50(47)60(51)43-22-14-21-42(33-43)56-58-54(38-17-6-2-7-18-38)57-55(59-56)39-19-8-3-9-20-39/h1-35,52,56H,(H,57,58,59). The van der Waals surface area contributed by atoms with Crippen molar-refractivity contribution in [3.05, 3.63) is 246 Å². The molecule has 2 heterocycles. The van der Waals surface area contributed by atoms with E-state index in [-0.39, 0.29) is 5.92 Å². The van der Waals surface area contributed by atoms with Crippen molar-refractivity contribution in [1.29, 1.82) is 0 Å². The summed E-state index contributed by atoms with van der Waals surface area (Å²) in [5.74, 6) is 1.85. The van der Waals surface area contributed by atoms with Crippen molar-refractivity contribution in [2.75, 3.05) is 0 Å². The van der Waals surface area contributed by atoms with Crippen LogP contribution in [-0.4, -0.2) is 16.2 Å². The van der Waals surface area contributed by atoms with Gasteiger partial charge in [0.1, 0.15) is 11.7 Å². The number of aliphatic imine (C=N–C) groups is 2. The Morgan fingerprint density at radius 1 is 0.400 bits per heavy atom. The zero-order valence-electron chi connectivity index (χ0n) is 32.7. The van der Waals surface area contributed by atoms with Gasteiger partial charge in [0.15, 0.2) is 6.17 Å². The second-order valence-corrected chi connectivity index (χ2v) is 15.8. The Morgan fingerprint density at radius 3 is 1.80 bits per heavy atom. The lowest BCUT2D eigenvalue weighted by Crippen LogP contribution is -2.36. The van der Waals surface area contributed by atoms with Crippen LogP contribution in [0.2, 0.25) is 0 Å². The zero-order valence-corrected chi connectivity index (χ0v) is 32.7. The first-order valence-electron chi connectivity index (χ1n) is 20.6. The average molecular weight is 767 g/mol. The lowest BCUT2D eigenvalue weighted by Gasteiger charge is -2.22. The van der Waals surface area contributed by atoms with E-state index in [1.54, 1.807) is 0 Å². The number of nitrogens with one attached hydrogen (secondary N) is 1. The van der Waals surface area contributed by atoms with Gasteiger partial charge in [-0.05, 0) is 86.1 Å². The van der Waals surface area contributed by atoms with E-state index < -0.39 is 6.17 Å². The molecule has 4 nitrogen and oxygen atoms in total. The minimum absolute atomic E-state index is 0.234. The van der Waals surface area contributed by atoms with Gasteiger partial charge in [-0.25, -0.2) is 9.98 Å². The molecule has 0 amide bonds. The van der Waals surface area contributed by atoms with Crippen LogP contribution in [0.5, 0.6) is 0 Å². The monoisotopic (exact) mass is 766 g/mol. The molecule has 2 aliphatic rings. The number of benzene rings is 9. The molecule has 0 radical (unpaired) electrons. The van der Waals surface area contributed by atoms with E-state index in [0.29, 0.717) is 0 Å². The Balaban J connectivity index is 0.987. The number of nitrogens with zero attached hydrogens (tertiary/aromatic N) is 3. The number of amidine groups is 2. The fourth-order valence-corrected chi connectivity index (χ4v) is 9.54. The maximum Gasteiger partial charge on any atom is 0.169 e. The second kappa shape index (κ2) is 13.9. The van der Waals surface area contributed by atoms with Gasteiger partial charge in [-0.1, -0.05) is 176 Å². The molecule has 282 valence electrons. The zero-order chi connectivity index (χ0) is 39.6. The van der Waals surface area contributed by atoms with Gasteiger partial charge in [-0.15, -0.1) is 0 Å². The summed E-state index contributed by atoms with van der Waals surface area (Å²) in [4.78, 5) is 10.4. The van der Waals surface area contributed by atoms with Crippen molar-refractivity contribution < 1.29 is 0 Å². The summed E-state index contributed by atoms with van der Waals surface area (Å²) in [6.07, 6.45) is -0.421. The lowest BCUT2D eigenvalue weighted by atomic mass is 9.89. The normalized spacial score (nSPS) is 14.8. The Kier molecular flexibility index (Phi) is 7.95. The van der Waals surface area contributed by atoms with E-state index in [2.05, 4.69) is 186 Å². The highest BCUT2D eigenvalue weighted by molar-refractivity contribution is 6.22. The van der Waals surface area contributed by atoms with E-state index in [9.17, 15) is 0 Å². The quantitative estimate of drug-likeness (QED) is 0.180. The summed E-state index contributed by atoms with van der Waals surface area (Å²) in [7, 11) is 0. The van der Waals surface area contributed by atoms with Gasteiger partial charge < -0.3 is 9.88 Å². The smallest absolute Gasteiger partial charge is 0.169 e. The van der Waals surface area contributed by atoms with E-state index in [1.165, 1.54) is 66.0 Å². The van der Waals surface area contributed by atoms with Gasteiger partial charge in [0.2, 0.25) is 0 Å². The van der Waals surface area contributed by atoms with Crippen LogP contribution in [0.25, 0.3) is 60.5 Å². The fraction of sp³-hybridized carbons (Fsp3) is 0.0357. The molecule has 1 aliphatic heterocycles. The molecular weight excluding hydrogens is 729 g/mol. The summed E-state index contributed by atoms with van der Waals surface area (Å²) in [5, 5.41) is 8.47. The number of hydrogen-bond acceptors (Lipinski definition) is 3. The highest BCUT2D eigenvalue weighted by atomic mass is 15.2. The molecule has 10 aromatic rings. The Bertz CT molecular complexity index is 3290. The van der Waals surface area contributed by atoms with E-state index >= 15 is 0 Å². The van der Waals surface area contributed by atoms with Gasteiger partial charge in [0.05, 0.1) is 11.0 Å². The van der Waals surface area contributed by atoms with Gasteiger partial charge in [-0.3, -0.25) is 0 Å². The maximum atomic E-state index is 5.19. The molecule has 1 unspecified atom stereocenters. The number of rotatable bonds is 6. The number of fused-ring (bicyclic) bond motifs is 8. The van der Waals surface area contributed by atoms with Gasteiger partial charge in [0, 0.05) is 39.1 Å². The van der Waals surface area contributed by atoms with Crippen LogP contribution in [0, 0.1) is 0 Å². The summed E-state index contributed by atoms with van der Waals surface area (Å²) in [6.45, 7) is 0. The van der Waals surface area contributed by atoms with Gasteiger partial charge in [0.25, 0.3) is 0 Å². The van der Waals surface area contributed by atoms with Crippen LogP contribution in [0.15, 0.2) is 222 Å². The molecule has 0 fully saturated rings. The van der Waals surface area contributed by atoms with Crippen LogP contribution in [0.1, 0.15) is 45.5 Å². The third-order valence-electron chi connectivity index (χ3n) is 12.3. The van der Waals surface area contributed by atoms with Crippen molar-refractivity contribution in [1.82, 2.24) is 9.88 Å². The lowest BCUT2D eigenvalue weighted by molar-refractivity contribution is 0.755. The molecule has 1 atom stereocenters. The van der Waals surface area contributed by atoms with Gasteiger partial charge in [-0.2, -0.15) is 0 Å². The summed E-state index contributed by atoms with van der Waals surface area (Å²) in [6, 6.07) is 76.5. The molecule has 0 saturated carbocycles. The van der Waals surface area contributed by atoms with Crippen LogP contribution >= 0.6 is 0 Å². The van der Waals surface area contributed by atoms with Crippen molar-refractivity contribution in [3.8, 4) is 27.9 Å². The molecule has 0 saturated heterocycles. The van der Waals surface area contributed by atoms with Crippen LogP contribution in [0.4, 0.5) is 0 Å². The van der Waals surface area contributed by atoms with Crippen molar-refractivity contribution >= 4 is 44.2 Å². The maximum absolute atomic E-state index is 5.19. The summed E-state index contributed by atoms with van der Waals surface area (Å²) in [5.41, 5.74) is 15.6. The second-order valence-electron chi connectivity index (χ2n) is 15.8. The predicted molar refractivity (Wildman–Crippen MR) is 248 cm³/mol. The predicted octanol–water partition coefficient (Wildman–Crippen LogP) is 13.3. The third kappa shape index (κ3) is 5.60. The van der Waals surface area contributed by atoms with Crippen molar-refractivity contribution in [2.45, 2.75) is 12.1 Å². The molecule has 1 aromatic heterocycles. The minimum Gasteiger partial charge on any atom is -0.324 e. The highest BCUT2D eigenvalue weighted by Gasteiger charge is 2.30. The van der Waals surface area contributed by atoms with Crippen LogP contribution in [0.3, 0.4) is 0 Å². The van der Waals surface area contributed by atoms with Crippen LogP contribution < -0.4 is 5.32 Å². The first-order chi connectivity index (χ1) is 29.7. The molecule has 9 aromatic carbocycles. The number of aromatic nitrogens is 1. The van der Waals surface area contributed by atoms with Crippen molar-refractivity contribution in [2.24, 2.45) is 9.98 Å². The first-order valence-corrected chi connectivity index (χ1v) is 20.6. The van der Waals surface area contributed by atoms with E-state index in [4.69, 9.17) is 9.98 Å². The van der Waals surface area contributed by atoms with E-state index in [0.717, 1.165) is 39.6 Å². The molecule has 4 heteroatoms. The molecule has 1 N–H and O–H groups in total. The SMILES string of the molecule is c1ccc(C2=NC(c3cccc(-n4c5ccccc5c5c6cc(-c7ccc8c(c7)-c7ccccc7C8c7ccccc7)ccc6ccc54)c3)N=C(c3ccccc3)N2)cc1. The fourth-order valence-electron chi connectivity index (χ4n) is 9.54. The summed E-state index contributed by atoms with van der Waals surface area (Å²) >= 11 is 0. The number of para-hydroxylation sites is 1. The average Bonchev–Trinajstić information content (AvgIpc) is 3.85. The third-order valence-corrected chi connectivity index (χ3v) is 12.3. The largest absolute Gasteiger partial charge is 0.324 e. The highest BCUT2D eigenvalue weighted by Crippen LogP contribution is 2.49. The molecule has 60 heavy (non-hydrogen) atoms.